The SMILES string of the molecule is CN(C(C(=O)NCCOc1ccc(S(=O)(=O)N(C)C)cc1)c1ccccc1)S(C)(=O)=O. The minimum atomic E-state index is -3.60. The summed E-state index contributed by atoms with van der Waals surface area (Å²) < 4.78 is 55.8. The number of carbonyl (C=O) groups excluding carboxylic acids is 1. The van der Waals surface area contributed by atoms with Gasteiger partial charge in [0.15, 0.2) is 0 Å². The summed E-state index contributed by atoms with van der Waals surface area (Å²) in [6, 6.07) is 13.5. The first-order valence-corrected chi connectivity index (χ1v) is 12.6. The molecule has 0 spiro atoms. The van der Waals surface area contributed by atoms with Crippen LogP contribution in [0.15, 0.2) is 59.5 Å². The molecule has 9 nitrogen and oxygen atoms in total. The summed E-state index contributed by atoms with van der Waals surface area (Å²) in [6.45, 7) is 0.257. The maximum Gasteiger partial charge on any atom is 0.243 e. The first kappa shape index (κ1) is 24.8. The highest BCUT2D eigenvalue weighted by Gasteiger charge is 2.30. The number of rotatable bonds is 10. The van der Waals surface area contributed by atoms with Crippen molar-refractivity contribution < 1.29 is 26.4 Å². The third kappa shape index (κ3) is 6.50. The molecule has 2 aromatic rings. The van der Waals surface area contributed by atoms with Crippen LogP contribution in [-0.4, -0.2) is 71.9 Å². The second kappa shape index (κ2) is 10.2. The van der Waals surface area contributed by atoms with E-state index in [1.165, 1.54) is 45.4 Å². The van der Waals surface area contributed by atoms with Gasteiger partial charge in [-0.1, -0.05) is 30.3 Å². The van der Waals surface area contributed by atoms with Crippen molar-refractivity contribution in [2.24, 2.45) is 0 Å². The molecule has 2 aromatic carbocycles. The predicted molar refractivity (Wildman–Crippen MR) is 118 cm³/mol. The molecule has 0 aliphatic heterocycles. The number of hydrogen-bond donors (Lipinski definition) is 1. The normalized spacial score (nSPS) is 13.2. The van der Waals surface area contributed by atoms with Gasteiger partial charge in [-0.15, -0.1) is 0 Å². The van der Waals surface area contributed by atoms with Crippen LogP contribution in [0.25, 0.3) is 0 Å². The van der Waals surface area contributed by atoms with Crippen LogP contribution in [0.3, 0.4) is 0 Å². The van der Waals surface area contributed by atoms with E-state index in [1.807, 2.05) is 0 Å². The van der Waals surface area contributed by atoms with Gasteiger partial charge in [-0.2, -0.15) is 4.31 Å². The zero-order chi connectivity index (χ0) is 23.2. The Hall–Kier alpha value is -2.47. The summed E-state index contributed by atoms with van der Waals surface area (Å²) in [5.74, 6) is -0.0324. The van der Waals surface area contributed by atoms with Crippen LogP contribution < -0.4 is 10.1 Å². The van der Waals surface area contributed by atoms with Crippen LogP contribution in [0.5, 0.6) is 5.75 Å². The van der Waals surface area contributed by atoms with Gasteiger partial charge in [0.05, 0.1) is 17.7 Å². The Kier molecular flexibility index (Phi) is 8.18. The van der Waals surface area contributed by atoms with Crippen LogP contribution in [0.1, 0.15) is 11.6 Å². The van der Waals surface area contributed by atoms with Crippen LogP contribution in [-0.2, 0) is 24.8 Å². The Morgan fingerprint density at radius 2 is 1.55 bits per heavy atom. The van der Waals surface area contributed by atoms with E-state index in [9.17, 15) is 21.6 Å². The molecule has 1 amide bonds. The Balaban J connectivity index is 1.98. The first-order valence-electron chi connectivity index (χ1n) is 9.35. The fraction of sp³-hybridized carbons (Fsp3) is 0.350. The minimum Gasteiger partial charge on any atom is -0.492 e. The van der Waals surface area contributed by atoms with Crippen LogP contribution in [0.4, 0.5) is 0 Å². The number of benzene rings is 2. The van der Waals surface area contributed by atoms with Crippen LogP contribution in [0, 0.1) is 0 Å². The molecule has 1 atom stereocenters. The number of ether oxygens (including phenoxy) is 1. The Labute approximate surface area is 183 Å². The topological polar surface area (TPSA) is 113 Å². The van der Waals surface area contributed by atoms with E-state index in [1.54, 1.807) is 30.3 Å². The second-order valence-corrected chi connectivity index (χ2v) is 11.2. The summed E-state index contributed by atoms with van der Waals surface area (Å²) in [5, 5.41) is 2.68. The molecule has 170 valence electrons. The monoisotopic (exact) mass is 469 g/mol. The highest BCUT2D eigenvalue weighted by atomic mass is 32.2. The Morgan fingerprint density at radius 3 is 2.06 bits per heavy atom. The van der Waals surface area contributed by atoms with Gasteiger partial charge >= 0.3 is 0 Å². The maximum absolute atomic E-state index is 12.7. The Bertz CT molecular complexity index is 1090. The molecule has 0 saturated heterocycles. The molecule has 0 bridgehead atoms. The highest BCUT2D eigenvalue weighted by Crippen LogP contribution is 2.22. The standard InChI is InChI=1S/C20H27N3O6S2/c1-22(2)31(27,28)18-12-10-17(11-13-18)29-15-14-21-20(24)19(23(3)30(4,25)26)16-8-6-5-7-9-16/h5-13,19H,14-15H2,1-4H3,(H,21,24). The third-order valence-electron chi connectivity index (χ3n) is 4.52. The lowest BCUT2D eigenvalue weighted by atomic mass is 10.1. The molecule has 0 fully saturated rings. The van der Waals surface area contributed by atoms with E-state index in [4.69, 9.17) is 4.74 Å². The van der Waals surface area contributed by atoms with Gasteiger partial charge in [-0.05, 0) is 29.8 Å². The molecule has 0 heterocycles. The molecule has 1 N–H and O–H groups in total. The zero-order valence-electron chi connectivity index (χ0n) is 17.8. The maximum atomic E-state index is 12.7. The molecule has 2 rings (SSSR count). The summed E-state index contributed by atoms with van der Waals surface area (Å²) >= 11 is 0. The lowest BCUT2D eigenvalue weighted by molar-refractivity contribution is -0.124. The van der Waals surface area contributed by atoms with Crippen molar-refractivity contribution in [1.82, 2.24) is 13.9 Å². The quantitative estimate of drug-likeness (QED) is 0.521. The first-order chi connectivity index (χ1) is 14.4. The number of nitrogens with zero attached hydrogens (tertiary/aromatic N) is 2. The van der Waals surface area contributed by atoms with Gasteiger partial charge in [-0.25, -0.2) is 21.1 Å². The van der Waals surface area contributed by atoms with Crippen molar-refractivity contribution in [3.63, 3.8) is 0 Å². The van der Waals surface area contributed by atoms with E-state index >= 15 is 0 Å². The molecule has 31 heavy (non-hydrogen) atoms. The molecule has 0 aliphatic rings. The fourth-order valence-electron chi connectivity index (χ4n) is 2.71. The third-order valence-corrected chi connectivity index (χ3v) is 7.61. The number of likely N-dealkylation sites (N-methyl/N-ethyl adjacent to an activating group) is 1. The van der Waals surface area contributed by atoms with Gasteiger partial charge in [0.1, 0.15) is 18.4 Å². The predicted octanol–water partition coefficient (Wildman–Crippen LogP) is 1.06. The fourth-order valence-corrected chi connectivity index (χ4v) is 4.21. The van der Waals surface area contributed by atoms with E-state index in [2.05, 4.69) is 5.32 Å². The van der Waals surface area contributed by atoms with E-state index in [0.29, 0.717) is 11.3 Å². The zero-order valence-corrected chi connectivity index (χ0v) is 19.5. The molecular weight excluding hydrogens is 442 g/mol. The molecular formula is C20H27N3O6S2. The van der Waals surface area contributed by atoms with Crippen LogP contribution in [0.2, 0.25) is 0 Å². The minimum absolute atomic E-state index is 0.121. The van der Waals surface area contributed by atoms with Gasteiger partial charge in [0, 0.05) is 21.1 Å². The number of carbonyl (C=O) groups is 1. The molecule has 0 aliphatic carbocycles. The average Bonchev–Trinajstić information content (AvgIpc) is 2.71. The lowest BCUT2D eigenvalue weighted by Crippen LogP contribution is -2.42. The molecule has 0 aromatic heterocycles. The number of amides is 1. The van der Waals surface area contributed by atoms with E-state index in [-0.39, 0.29) is 18.0 Å². The van der Waals surface area contributed by atoms with Crippen molar-refractivity contribution in [2.75, 3.05) is 40.6 Å². The molecule has 0 radical (unpaired) electrons. The Morgan fingerprint density at radius 1 is 0.968 bits per heavy atom. The average molecular weight is 470 g/mol. The highest BCUT2D eigenvalue weighted by molar-refractivity contribution is 7.89. The lowest BCUT2D eigenvalue weighted by Gasteiger charge is -2.25. The summed E-state index contributed by atoms with van der Waals surface area (Å²) in [7, 11) is -2.87. The van der Waals surface area contributed by atoms with Crippen LogP contribution >= 0.6 is 0 Å². The molecule has 11 heteroatoms. The van der Waals surface area contributed by atoms with Crippen molar-refractivity contribution >= 4 is 26.0 Å². The van der Waals surface area contributed by atoms with E-state index < -0.39 is 32.0 Å². The van der Waals surface area contributed by atoms with Crippen molar-refractivity contribution in [3.05, 3.63) is 60.2 Å². The smallest absolute Gasteiger partial charge is 0.243 e. The van der Waals surface area contributed by atoms with E-state index in [0.717, 1.165) is 14.9 Å². The number of sulfonamides is 2. The summed E-state index contributed by atoms with van der Waals surface area (Å²) in [5.41, 5.74) is 0.548. The second-order valence-electron chi connectivity index (χ2n) is 6.99. The molecule has 0 saturated carbocycles. The van der Waals surface area contributed by atoms with Gasteiger partial charge in [0.2, 0.25) is 26.0 Å². The summed E-state index contributed by atoms with van der Waals surface area (Å²) in [6.07, 6.45) is 1.04. The van der Waals surface area contributed by atoms with Gasteiger partial charge in [-0.3, -0.25) is 4.79 Å². The number of nitrogens with one attached hydrogen (secondary N) is 1. The van der Waals surface area contributed by atoms with Gasteiger partial charge < -0.3 is 10.1 Å². The van der Waals surface area contributed by atoms with Crippen molar-refractivity contribution in [3.8, 4) is 5.75 Å². The van der Waals surface area contributed by atoms with Crippen molar-refractivity contribution in [1.29, 1.82) is 0 Å². The number of hydrogen-bond acceptors (Lipinski definition) is 6. The van der Waals surface area contributed by atoms with Crippen molar-refractivity contribution in [2.45, 2.75) is 10.9 Å². The van der Waals surface area contributed by atoms with Gasteiger partial charge in [0.25, 0.3) is 0 Å². The summed E-state index contributed by atoms with van der Waals surface area (Å²) in [4.78, 5) is 12.9. The molecule has 1 unspecified atom stereocenters. The largest absolute Gasteiger partial charge is 0.492 e.